The van der Waals surface area contributed by atoms with Crippen molar-refractivity contribution < 1.29 is 9.18 Å². The maximum Gasteiger partial charge on any atom is 0.263 e. The zero-order valence-electron chi connectivity index (χ0n) is 17.7. The van der Waals surface area contributed by atoms with Crippen molar-refractivity contribution in [1.29, 1.82) is 5.26 Å². The maximum absolute atomic E-state index is 13.3. The number of anilines is 1. The van der Waals surface area contributed by atoms with Gasteiger partial charge in [-0.2, -0.15) is 5.26 Å². The molecule has 0 saturated carbocycles. The summed E-state index contributed by atoms with van der Waals surface area (Å²) < 4.78 is 14.7. The second kappa shape index (κ2) is 9.98. The Morgan fingerprint density at radius 3 is 2.64 bits per heavy atom. The number of thioether (sulfide) groups is 1. The van der Waals surface area contributed by atoms with Gasteiger partial charge in [0, 0.05) is 30.2 Å². The number of hydrogen-bond acceptors (Lipinski definition) is 6. The summed E-state index contributed by atoms with van der Waals surface area (Å²) in [6.07, 6.45) is 0.147. The summed E-state index contributed by atoms with van der Waals surface area (Å²) in [6, 6.07) is 17.3. The van der Waals surface area contributed by atoms with Gasteiger partial charge >= 0.3 is 0 Å². The van der Waals surface area contributed by atoms with Gasteiger partial charge in [-0.05, 0) is 29.8 Å². The summed E-state index contributed by atoms with van der Waals surface area (Å²) in [5, 5.41) is 11.9. The Morgan fingerprint density at radius 2 is 1.94 bits per heavy atom. The molecule has 0 N–H and O–H groups in total. The van der Waals surface area contributed by atoms with E-state index in [0.717, 1.165) is 22.9 Å². The molecule has 2 aromatic carbocycles. The van der Waals surface area contributed by atoms with Gasteiger partial charge in [-0.3, -0.25) is 14.2 Å². The number of thiophene rings is 1. The largest absolute Gasteiger partial charge is 0.311 e. The molecule has 0 saturated heterocycles. The highest BCUT2D eigenvalue weighted by Gasteiger charge is 2.19. The van der Waals surface area contributed by atoms with E-state index < -0.39 is 5.82 Å². The lowest BCUT2D eigenvalue weighted by Gasteiger charge is -2.21. The molecule has 0 radical (unpaired) electrons. The lowest BCUT2D eigenvalue weighted by Crippen LogP contribution is -2.33. The third kappa shape index (κ3) is 4.82. The maximum atomic E-state index is 13.3. The van der Waals surface area contributed by atoms with E-state index in [1.54, 1.807) is 7.05 Å². The zero-order valence-corrected chi connectivity index (χ0v) is 19.3. The molecule has 0 spiro atoms. The molecule has 4 rings (SSSR count). The first-order valence-electron chi connectivity index (χ1n) is 10.1. The second-order valence-corrected chi connectivity index (χ2v) is 8.97. The second-order valence-electron chi connectivity index (χ2n) is 7.17. The molecule has 0 unspecified atom stereocenters. The van der Waals surface area contributed by atoms with E-state index >= 15 is 0 Å². The number of carbonyl (C=O) groups is 1. The average Bonchev–Trinajstić information content (AvgIpc) is 3.26. The fourth-order valence-corrected chi connectivity index (χ4v) is 5.23. The number of hydrogen-bond donors (Lipinski definition) is 0. The highest BCUT2D eigenvalue weighted by atomic mass is 32.2. The van der Waals surface area contributed by atoms with E-state index in [0.29, 0.717) is 21.1 Å². The molecule has 2 heterocycles. The first-order valence-corrected chi connectivity index (χ1v) is 12.0. The van der Waals surface area contributed by atoms with Crippen LogP contribution in [0.4, 0.5) is 10.1 Å². The number of amides is 1. The molecule has 0 aliphatic heterocycles. The van der Waals surface area contributed by atoms with Crippen molar-refractivity contribution >= 4 is 44.9 Å². The van der Waals surface area contributed by atoms with Crippen LogP contribution in [-0.2, 0) is 11.8 Å². The third-order valence-corrected chi connectivity index (χ3v) is 6.96. The van der Waals surface area contributed by atoms with Gasteiger partial charge in [0.2, 0.25) is 5.91 Å². The molecule has 0 fully saturated rings. The fourth-order valence-electron chi connectivity index (χ4n) is 3.40. The predicted octanol–water partition coefficient (Wildman–Crippen LogP) is 4.84. The molecule has 0 atom stereocenters. The summed E-state index contributed by atoms with van der Waals surface area (Å²) in [6.45, 7) is 0.193. The predicted molar refractivity (Wildman–Crippen MR) is 130 cm³/mol. The molecule has 166 valence electrons. The van der Waals surface area contributed by atoms with Crippen LogP contribution in [0.1, 0.15) is 6.42 Å². The van der Waals surface area contributed by atoms with Crippen molar-refractivity contribution in [3.8, 4) is 17.2 Å². The van der Waals surface area contributed by atoms with E-state index in [2.05, 4.69) is 4.98 Å². The SMILES string of the molecule is Cn1c(SCC(=O)N(CCC#N)c2ccc(F)cc2)nc2scc(-c3ccccc3)c2c1=O. The van der Waals surface area contributed by atoms with Crippen molar-refractivity contribution in [1.82, 2.24) is 9.55 Å². The molecule has 0 aliphatic carbocycles. The highest BCUT2D eigenvalue weighted by molar-refractivity contribution is 7.99. The van der Waals surface area contributed by atoms with Gasteiger partial charge in [-0.15, -0.1) is 11.3 Å². The number of aromatic nitrogens is 2. The zero-order chi connectivity index (χ0) is 23.4. The number of fused-ring (bicyclic) bond motifs is 1. The van der Waals surface area contributed by atoms with E-state index in [4.69, 9.17) is 5.26 Å². The van der Waals surface area contributed by atoms with Crippen LogP contribution < -0.4 is 10.5 Å². The van der Waals surface area contributed by atoms with E-state index in [9.17, 15) is 14.0 Å². The number of nitriles is 1. The minimum atomic E-state index is -0.404. The molecular formula is C24H19FN4O2S2. The molecule has 6 nitrogen and oxygen atoms in total. The summed E-state index contributed by atoms with van der Waals surface area (Å²) in [5.41, 5.74) is 2.14. The Balaban J connectivity index is 1.59. The molecule has 1 amide bonds. The van der Waals surface area contributed by atoms with Gasteiger partial charge in [0.05, 0.1) is 23.6 Å². The fraction of sp³-hybridized carbons (Fsp3) is 0.167. The van der Waals surface area contributed by atoms with Crippen molar-refractivity contribution in [2.24, 2.45) is 7.05 Å². The monoisotopic (exact) mass is 478 g/mol. The van der Waals surface area contributed by atoms with Crippen molar-refractivity contribution in [2.45, 2.75) is 11.6 Å². The summed E-state index contributed by atoms with van der Waals surface area (Å²) in [4.78, 5) is 32.8. The van der Waals surface area contributed by atoms with Crippen LogP contribution in [0.3, 0.4) is 0 Å². The van der Waals surface area contributed by atoms with E-state index in [1.165, 1.54) is 45.1 Å². The minimum absolute atomic E-state index is 0.0194. The van der Waals surface area contributed by atoms with Crippen LogP contribution in [0.2, 0.25) is 0 Å². The lowest BCUT2D eigenvalue weighted by molar-refractivity contribution is -0.116. The normalized spacial score (nSPS) is 10.8. The molecule has 9 heteroatoms. The Labute approximate surface area is 197 Å². The molecular weight excluding hydrogens is 459 g/mol. The highest BCUT2D eigenvalue weighted by Crippen LogP contribution is 2.32. The van der Waals surface area contributed by atoms with Crippen LogP contribution >= 0.6 is 23.1 Å². The molecule has 4 aromatic rings. The van der Waals surface area contributed by atoms with Crippen LogP contribution in [0, 0.1) is 17.1 Å². The minimum Gasteiger partial charge on any atom is -0.311 e. The van der Waals surface area contributed by atoms with Gasteiger partial charge < -0.3 is 4.90 Å². The topological polar surface area (TPSA) is 79.0 Å². The number of nitrogens with zero attached hydrogens (tertiary/aromatic N) is 4. The molecule has 2 aromatic heterocycles. The van der Waals surface area contributed by atoms with Gasteiger partial charge in [-0.25, -0.2) is 9.37 Å². The van der Waals surface area contributed by atoms with E-state index in [-0.39, 0.29) is 30.2 Å². The van der Waals surface area contributed by atoms with Crippen molar-refractivity contribution in [3.63, 3.8) is 0 Å². The van der Waals surface area contributed by atoms with Gasteiger partial charge in [0.1, 0.15) is 10.6 Å². The summed E-state index contributed by atoms with van der Waals surface area (Å²) in [5.74, 6) is -0.641. The number of carbonyl (C=O) groups excluding carboxylic acids is 1. The van der Waals surface area contributed by atoms with Gasteiger partial charge in [-0.1, -0.05) is 42.1 Å². The smallest absolute Gasteiger partial charge is 0.263 e. The molecule has 33 heavy (non-hydrogen) atoms. The van der Waals surface area contributed by atoms with E-state index in [1.807, 2.05) is 41.8 Å². The van der Waals surface area contributed by atoms with Crippen LogP contribution in [0.5, 0.6) is 0 Å². The van der Waals surface area contributed by atoms with Gasteiger partial charge in [0.25, 0.3) is 5.56 Å². The number of rotatable bonds is 7. The standard InChI is InChI=1S/C24H19FN4O2S2/c1-28-23(31)21-19(16-6-3-2-4-7-16)14-32-22(21)27-24(28)33-15-20(30)29(13-5-12-26)18-10-8-17(25)9-11-18/h2-4,6-11,14H,5,13,15H2,1H3. The molecule has 0 aliphatic rings. The lowest BCUT2D eigenvalue weighted by atomic mass is 10.1. The Hall–Kier alpha value is -3.48. The Kier molecular flexibility index (Phi) is 6.87. The average molecular weight is 479 g/mol. The summed E-state index contributed by atoms with van der Waals surface area (Å²) in [7, 11) is 1.64. The first kappa shape index (κ1) is 22.7. The number of halogens is 1. The van der Waals surface area contributed by atoms with Crippen LogP contribution in [0.15, 0.2) is 69.9 Å². The Morgan fingerprint density at radius 1 is 1.21 bits per heavy atom. The third-order valence-electron chi connectivity index (χ3n) is 5.07. The van der Waals surface area contributed by atoms with Crippen LogP contribution in [0.25, 0.3) is 21.3 Å². The number of benzene rings is 2. The van der Waals surface area contributed by atoms with Crippen molar-refractivity contribution in [3.05, 3.63) is 76.1 Å². The van der Waals surface area contributed by atoms with Gasteiger partial charge in [0.15, 0.2) is 5.16 Å². The Bertz CT molecular complexity index is 1390. The first-order chi connectivity index (χ1) is 16.0. The molecule has 0 bridgehead atoms. The van der Waals surface area contributed by atoms with Crippen molar-refractivity contribution in [2.75, 3.05) is 17.2 Å². The summed E-state index contributed by atoms with van der Waals surface area (Å²) >= 11 is 2.55. The van der Waals surface area contributed by atoms with Crippen LogP contribution in [-0.4, -0.2) is 27.8 Å². The quantitative estimate of drug-likeness (QED) is 0.281.